The molecule has 16 heavy (non-hydrogen) atoms. The first-order valence-corrected chi connectivity index (χ1v) is 4.56. The van der Waals surface area contributed by atoms with Crippen LogP contribution in [-0.2, 0) is 0 Å². The molecule has 2 rings (SSSR count). The Morgan fingerprint density at radius 1 is 1.38 bits per heavy atom. The van der Waals surface area contributed by atoms with E-state index >= 15 is 0 Å². The summed E-state index contributed by atoms with van der Waals surface area (Å²) in [6, 6.07) is 6.76. The van der Waals surface area contributed by atoms with Crippen molar-refractivity contribution in [2.75, 3.05) is 0 Å². The third kappa shape index (κ3) is 2.30. The van der Waals surface area contributed by atoms with Crippen LogP contribution in [0.25, 0.3) is 11.0 Å². The van der Waals surface area contributed by atoms with Gasteiger partial charge in [-0.05, 0) is 12.1 Å². The Balaban J connectivity index is 2.26. The molecule has 1 aromatic heterocycles. The number of hydrogen-bond donors (Lipinski definition) is 2. The first kappa shape index (κ1) is 10.0. The molecule has 6 heteroatoms. The minimum atomic E-state index is -0.718. The summed E-state index contributed by atoms with van der Waals surface area (Å²) in [4.78, 5) is 18.8. The number of fused-ring (bicyclic) bond motifs is 1. The first-order chi connectivity index (χ1) is 7.75. The van der Waals surface area contributed by atoms with E-state index in [1.165, 1.54) is 6.21 Å². The van der Waals surface area contributed by atoms with Crippen LogP contribution in [0.15, 0.2) is 35.6 Å². The molecule has 0 saturated carbocycles. The zero-order valence-electron chi connectivity index (χ0n) is 8.29. The number of carbonyl (C=O) groups excluding carboxylic acids is 1. The zero-order chi connectivity index (χ0) is 11.4. The molecule has 2 aromatic rings. The largest absolute Gasteiger partial charge is 0.350 e. The van der Waals surface area contributed by atoms with Gasteiger partial charge < -0.3 is 5.73 Å². The number of benzene rings is 1. The van der Waals surface area contributed by atoms with Crippen LogP contribution in [0, 0.1) is 0 Å². The second kappa shape index (κ2) is 4.35. The van der Waals surface area contributed by atoms with Crippen molar-refractivity contribution in [1.82, 2.24) is 15.4 Å². The van der Waals surface area contributed by atoms with Crippen molar-refractivity contribution in [2.45, 2.75) is 0 Å². The summed E-state index contributed by atoms with van der Waals surface area (Å²) in [6.45, 7) is 0. The number of carbonyl (C=O) groups is 1. The summed E-state index contributed by atoms with van der Waals surface area (Å²) in [5, 5.41) is 3.60. The minimum absolute atomic E-state index is 0.549. The van der Waals surface area contributed by atoms with Crippen molar-refractivity contribution in [2.24, 2.45) is 10.8 Å². The van der Waals surface area contributed by atoms with Gasteiger partial charge >= 0.3 is 6.03 Å². The number of primary amides is 1. The third-order valence-corrected chi connectivity index (χ3v) is 1.84. The highest BCUT2D eigenvalue weighted by molar-refractivity contribution is 5.83. The normalized spacial score (nSPS) is 10.8. The number of nitrogens with one attached hydrogen (secondary N) is 1. The Kier molecular flexibility index (Phi) is 2.73. The van der Waals surface area contributed by atoms with Gasteiger partial charge in [0.1, 0.15) is 5.69 Å². The Morgan fingerprint density at radius 2 is 2.12 bits per heavy atom. The van der Waals surface area contributed by atoms with Gasteiger partial charge in [0.15, 0.2) is 0 Å². The fourth-order valence-corrected chi connectivity index (χ4v) is 1.20. The van der Waals surface area contributed by atoms with Crippen molar-refractivity contribution in [3.63, 3.8) is 0 Å². The molecular formula is C10H9N5O. The van der Waals surface area contributed by atoms with Gasteiger partial charge in [0, 0.05) is 0 Å². The number of urea groups is 1. The van der Waals surface area contributed by atoms with E-state index in [-0.39, 0.29) is 0 Å². The molecule has 0 aliphatic heterocycles. The Labute approximate surface area is 91.2 Å². The number of para-hydroxylation sites is 2. The summed E-state index contributed by atoms with van der Waals surface area (Å²) in [5.41, 5.74) is 9.06. The van der Waals surface area contributed by atoms with Gasteiger partial charge in [-0.25, -0.2) is 15.2 Å². The van der Waals surface area contributed by atoms with Crippen molar-refractivity contribution in [3.05, 3.63) is 36.2 Å². The van der Waals surface area contributed by atoms with Crippen LogP contribution >= 0.6 is 0 Å². The molecule has 3 N–H and O–H groups in total. The molecule has 0 unspecified atom stereocenters. The van der Waals surface area contributed by atoms with Crippen molar-refractivity contribution in [1.29, 1.82) is 0 Å². The monoisotopic (exact) mass is 215 g/mol. The van der Waals surface area contributed by atoms with E-state index in [9.17, 15) is 4.79 Å². The molecule has 0 saturated heterocycles. The fraction of sp³-hybridized carbons (Fsp3) is 0. The van der Waals surface area contributed by atoms with Gasteiger partial charge in [-0.15, -0.1) is 0 Å². The Morgan fingerprint density at radius 3 is 2.88 bits per heavy atom. The average Bonchev–Trinajstić information content (AvgIpc) is 2.28. The molecule has 0 spiro atoms. The number of nitrogens with zero attached hydrogens (tertiary/aromatic N) is 3. The van der Waals surface area contributed by atoms with E-state index < -0.39 is 6.03 Å². The van der Waals surface area contributed by atoms with Crippen LogP contribution in [0.1, 0.15) is 5.69 Å². The number of hydrazone groups is 1. The molecule has 1 heterocycles. The van der Waals surface area contributed by atoms with E-state index in [0.717, 1.165) is 11.0 Å². The van der Waals surface area contributed by atoms with E-state index in [0.29, 0.717) is 5.69 Å². The molecular weight excluding hydrogens is 206 g/mol. The lowest BCUT2D eigenvalue weighted by Crippen LogP contribution is -2.24. The van der Waals surface area contributed by atoms with Crippen LogP contribution in [-0.4, -0.2) is 22.2 Å². The maximum absolute atomic E-state index is 10.4. The van der Waals surface area contributed by atoms with E-state index in [2.05, 4.69) is 20.5 Å². The maximum atomic E-state index is 10.4. The second-order valence-corrected chi connectivity index (χ2v) is 3.02. The highest BCUT2D eigenvalue weighted by Crippen LogP contribution is 2.07. The topological polar surface area (TPSA) is 93.3 Å². The number of hydrogen-bond acceptors (Lipinski definition) is 4. The van der Waals surface area contributed by atoms with Crippen LogP contribution in [0.5, 0.6) is 0 Å². The SMILES string of the molecule is NC(=O)NN=Cc1cnc2ccccc2n1. The molecule has 0 radical (unpaired) electrons. The third-order valence-electron chi connectivity index (χ3n) is 1.84. The maximum Gasteiger partial charge on any atom is 0.332 e. The van der Waals surface area contributed by atoms with Crippen LogP contribution in [0.3, 0.4) is 0 Å². The summed E-state index contributed by atoms with van der Waals surface area (Å²) in [5.74, 6) is 0. The zero-order valence-corrected chi connectivity index (χ0v) is 8.29. The van der Waals surface area contributed by atoms with Crippen molar-refractivity contribution >= 4 is 23.3 Å². The summed E-state index contributed by atoms with van der Waals surface area (Å²) in [7, 11) is 0. The summed E-state index contributed by atoms with van der Waals surface area (Å²) < 4.78 is 0. The molecule has 0 aliphatic rings. The van der Waals surface area contributed by atoms with Crippen LogP contribution in [0.4, 0.5) is 4.79 Å². The average molecular weight is 215 g/mol. The molecule has 0 fully saturated rings. The highest BCUT2D eigenvalue weighted by atomic mass is 16.2. The van der Waals surface area contributed by atoms with Gasteiger partial charge in [-0.2, -0.15) is 5.10 Å². The van der Waals surface area contributed by atoms with Gasteiger partial charge in [0.2, 0.25) is 0 Å². The number of rotatable bonds is 2. The van der Waals surface area contributed by atoms with E-state index in [4.69, 9.17) is 5.73 Å². The molecule has 0 atom stereocenters. The number of aromatic nitrogens is 2. The second-order valence-electron chi connectivity index (χ2n) is 3.02. The minimum Gasteiger partial charge on any atom is -0.350 e. The fourth-order valence-electron chi connectivity index (χ4n) is 1.20. The van der Waals surface area contributed by atoms with E-state index in [1.54, 1.807) is 6.20 Å². The predicted molar refractivity (Wildman–Crippen MR) is 59.9 cm³/mol. The quantitative estimate of drug-likeness (QED) is 0.568. The van der Waals surface area contributed by atoms with Gasteiger partial charge in [-0.3, -0.25) is 4.98 Å². The number of nitrogens with two attached hydrogens (primary N) is 1. The Hall–Kier alpha value is -2.50. The first-order valence-electron chi connectivity index (χ1n) is 4.56. The van der Waals surface area contributed by atoms with Crippen molar-refractivity contribution in [3.8, 4) is 0 Å². The lowest BCUT2D eigenvalue weighted by atomic mass is 10.3. The molecule has 0 aliphatic carbocycles. The van der Waals surface area contributed by atoms with Gasteiger partial charge in [-0.1, -0.05) is 12.1 Å². The summed E-state index contributed by atoms with van der Waals surface area (Å²) in [6.07, 6.45) is 2.94. The number of amides is 2. The molecule has 0 bridgehead atoms. The molecule has 2 amide bonds. The standard InChI is InChI=1S/C10H9N5O/c11-10(16)15-13-6-7-5-12-8-3-1-2-4-9(8)14-7/h1-6H,(H3,11,15,16). The van der Waals surface area contributed by atoms with Gasteiger partial charge in [0.25, 0.3) is 0 Å². The van der Waals surface area contributed by atoms with Crippen LogP contribution < -0.4 is 11.2 Å². The predicted octanol–water partition coefficient (Wildman–Crippen LogP) is 0.632. The van der Waals surface area contributed by atoms with Crippen LogP contribution in [0.2, 0.25) is 0 Å². The lowest BCUT2D eigenvalue weighted by molar-refractivity contribution is 0.249. The highest BCUT2D eigenvalue weighted by Gasteiger charge is 1.96. The lowest BCUT2D eigenvalue weighted by Gasteiger charge is -1.96. The molecule has 80 valence electrons. The Bertz CT molecular complexity index is 552. The molecule has 1 aromatic carbocycles. The van der Waals surface area contributed by atoms with Crippen molar-refractivity contribution < 1.29 is 4.79 Å². The smallest absolute Gasteiger partial charge is 0.332 e. The van der Waals surface area contributed by atoms with Gasteiger partial charge in [0.05, 0.1) is 23.4 Å². The van der Waals surface area contributed by atoms with E-state index in [1.807, 2.05) is 24.3 Å². The summed E-state index contributed by atoms with van der Waals surface area (Å²) >= 11 is 0. The molecule has 6 nitrogen and oxygen atoms in total.